The topological polar surface area (TPSA) is 137 Å². The van der Waals surface area contributed by atoms with Crippen LogP contribution < -0.4 is 20.5 Å². The van der Waals surface area contributed by atoms with E-state index in [1.54, 1.807) is 0 Å². The van der Waals surface area contributed by atoms with Crippen LogP contribution in [-0.2, 0) is 11.4 Å². The van der Waals surface area contributed by atoms with E-state index in [0.717, 1.165) is 0 Å². The maximum absolute atomic E-state index is 11.4. The number of nitrogens with two attached hydrogens (primary N) is 1. The highest BCUT2D eigenvalue weighted by Gasteiger charge is 2.19. The van der Waals surface area contributed by atoms with Crippen LogP contribution in [-0.4, -0.2) is 42.7 Å². The molecule has 0 heterocycles. The molecule has 0 saturated carbocycles. The van der Waals surface area contributed by atoms with Crippen molar-refractivity contribution in [2.75, 3.05) is 26.8 Å². The van der Waals surface area contributed by atoms with E-state index in [0.29, 0.717) is 19.5 Å². The van der Waals surface area contributed by atoms with Gasteiger partial charge in [-0.1, -0.05) is 0 Å². The van der Waals surface area contributed by atoms with Crippen LogP contribution in [0.5, 0.6) is 11.5 Å². The zero-order chi connectivity index (χ0) is 17.2. The number of hydrogen-bond donors (Lipinski definition) is 3. The summed E-state index contributed by atoms with van der Waals surface area (Å²) >= 11 is 0. The second-order valence-corrected chi connectivity index (χ2v) is 4.64. The molecule has 1 aromatic carbocycles. The van der Waals surface area contributed by atoms with E-state index in [2.05, 4.69) is 5.32 Å². The summed E-state index contributed by atoms with van der Waals surface area (Å²) in [5.74, 6) is 0.346. The molecule has 0 bridgehead atoms. The highest BCUT2D eigenvalue weighted by Crippen LogP contribution is 2.34. The molecule has 1 rings (SSSR count). The van der Waals surface area contributed by atoms with Crippen molar-refractivity contribution in [2.24, 2.45) is 5.73 Å². The first-order valence-corrected chi connectivity index (χ1v) is 7.09. The van der Waals surface area contributed by atoms with Crippen molar-refractivity contribution in [2.45, 2.75) is 19.4 Å². The van der Waals surface area contributed by atoms with Crippen molar-refractivity contribution in [3.8, 4) is 11.5 Å². The van der Waals surface area contributed by atoms with Crippen molar-refractivity contribution in [1.82, 2.24) is 5.32 Å². The Bertz CT molecular complexity index is 550. The molecule has 0 atom stereocenters. The van der Waals surface area contributed by atoms with E-state index in [1.807, 2.05) is 0 Å². The minimum atomic E-state index is -0.599. The highest BCUT2D eigenvalue weighted by atomic mass is 16.6. The monoisotopic (exact) mass is 327 g/mol. The van der Waals surface area contributed by atoms with Gasteiger partial charge in [-0.2, -0.15) is 0 Å². The van der Waals surface area contributed by atoms with Gasteiger partial charge in [0.25, 0.3) is 5.69 Å². The summed E-state index contributed by atoms with van der Waals surface area (Å²) < 4.78 is 10.6. The van der Waals surface area contributed by atoms with Gasteiger partial charge in [0.1, 0.15) is 0 Å². The van der Waals surface area contributed by atoms with Crippen LogP contribution in [0.15, 0.2) is 12.1 Å². The van der Waals surface area contributed by atoms with Crippen molar-refractivity contribution >= 4 is 11.6 Å². The summed E-state index contributed by atoms with van der Waals surface area (Å²) in [5, 5.41) is 22.8. The van der Waals surface area contributed by atoms with Gasteiger partial charge in [0.05, 0.1) is 36.9 Å². The van der Waals surface area contributed by atoms with Crippen LogP contribution in [0.3, 0.4) is 0 Å². The third-order valence-electron chi connectivity index (χ3n) is 3.00. The lowest BCUT2D eigenvalue weighted by atomic mass is 10.1. The Morgan fingerprint density at radius 1 is 1.43 bits per heavy atom. The van der Waals surface area contributed by atoms with Gasteiger partial charge in [-0.05, 0) is 12.5 Å². The number of aliphatic hydroxyl groups excluding tert-OH is 1. The first-order valence-electron chi connectivity index (χ1n) is 7.09. The smallest absolute Gasteiger partial charge is 0.278 e. The van der Waals surface area contributed by atoms with Gasteiger partial charge in [-0.15, -0.1) is 0 Å². The van der Waals surface area contributed by atoms with Crippen LogP contribution in [0.4, 0.5) is 5.69 Å². The number of amides is 1. The van der Waals surface area contributed by atoms with Gasteiger partial charge in [0.15, 0.2) is 11.5 Å². The molecule has 1 amide bonds. The number of nitro groups is 1. The lowest BCUT2D eigenvalue weighted by Crippen LogP contribution is -2.29. The zero-order valence-electron chi connectivity index (χ0n) is 12.9. The maximum atomic E-state index is 11.4. The summed E-state index contributed by atoms with van der Waals surface area (Å²) in [6, 6.07) is 2.57. The molecule has 0 aromatic heterocycles. The average Bonchev–Trinajstić information content (AvgIpc) is 2.55. The van der Waals surface area contributed by atoms with E-state index >= 15 is 0 Å². The summed E-state index contributed by atoms with van der Waals surface area (Å²) in [4.78, 5) is 21.8. The second kappa shape index (κ2) is 9.59. The summed E-state index contributed by atoms with van der Waals surface area (Å²) in [5.41, 5.74) is 5.17. The fraction of sp³-hybridized carbons (Fsp3) is 0.500. The van der Waals surface area contributed by atoms with Crippen LogP contribution in [0.2, 0.25) is 0 Å². The molecule has 9 nitrogen and oxygen atoms in total. The zero-order valence-corrected chi connectivity index (χ0v) is 12.9. The number of nitrogens with one attached hydrogen (secondary N) is 1. The Balaban J connectivity index is 2.67. The summed E-state index contributed by atoms with van der Waals surface area (Å²) in [6.45, 7) is 0.513. The second-order valence-electron chi connectivity index (χ2n) is 4.64. The largest absolute Gasteiger partial charge is 0.493 e. The molecule has 0 saturated heterocycles. The molecule has 0 aliphatic carbocycles. The molecule has 0 aliphatic rings. The van der Waals surface area contributed by atoms with Gasteiger partial charge in [-0.25, -0.2) is 0 Å². The molecule has 128 valence electrons. The van der Waals surface area contributed by atoms with Crippen LogP contribution in [0.1, 0.15) is 18.4 Å². The van der Waals surface area contributed by atoms with Crippen molar-refractivity contribution < 1.29 is 24.3 Å². The Hall–Kier alpha value is -2.39. The SMILES string of the molecule is COc1cc(CO)c([N+](=O)[O-])cc1OCCCC(=O)NCCN. The van der Waals surface area contributed by atoms with Gasteiger partial charge < -0.3 is 25.6 Å². The molecule has 0 aliphatic heterocycles. The van der Waals surface area contributed by atoms with Crippen molar-refractivity contribution in [3.63, 3.8) is 0 Å². The number of hydrogen-bond acceptors (Lipinski definition) is 7. The molecule has 9 heteroatoms. The molecule has 0 unspecified atom stereocenters. The number of methoxy groups -OCH3 is 1. The molecular weight excluding hydrogens is 306 g/mol. The van der Waals surface area contributed by atoms with Crippen LogP contribution in [0, 0.1) is 10.1 Å². The molecule has 0 spiro atoms. The number of carbonyl (C=O) groups is 1. The Morgan fingerprint density at radius 3 is 2.74 bits per heavy atom. The molecule has 1 aromatic rings. The minimum absolute atomic E-state index is 0.132. The number of carbonyl (C=O) groups excluding carboxylic acids is 1. The Kier molecular flexibility index (Phi) is 7.78. The fourth-order valence-corrected chi connectivity index (χ4v) is 1.88. The summed E-state index contributed by atoms with van der Waals surface area (Å²) in [7, 11) is 1.40. The predicted molar refractivity (Wildman–Crippen MR) is 82.4 cm³/mol. The van der Waals surface area contributed by atoms with Crippen molar-refractivity contribution in [1.29, 1.82) is 0 Å². The standard InChI is InChI=1S/C14H21N3O6/c1-22-12-7-10(9-18)11(17(20)21)8-13(12)23-6-2-3-14(19)16-5-4-15/h7-8,18H,2-6,9,15H2,1H3,(H,16,19). The molecule has 4 N–H and O–H groups in total. The third-order valence-corrected chi connectivity index (χ3v) is 3.00. The third kappa shape index (κ3) is 5.72. The quantitative estimate of drug-likeness (QED) is 0.320. The maximum Gasteiger partial charge on any atom is 0.278 e. The summed E-state index contributed by atoms with van der Waals surface area (Å²) in [6.07, 6.45) is 0.703. The first-order chi connectivity index (χ1) is 11.0. The number of rotatable bonds is 10. The van der Waals surface area contributed by atoms with E-state index in [1.165, 1.54) is 19.2 Å². The first kappa shape index (κ1) is 18.7. The van der Waals surface area contributed by atoms with Crippen LogP contribution >= 0.6 is 0 Å². The van der Waals surface area contributed by atoms with Crippen LogP contribution in [0.25, 0.3) is 0 Å². The Labute approximate surface area is 133 Å². The number of aliphatic hydroxyl groups is 1. The van der Waals surface area contributed by atoms with Gasteiger partial charge in [0.2, 0.25) is 5.91 Å². The van der Waals surface area contributed by atoms with E-state index in [-0.39, 0.29) is 41.7 Å². The molecule has 0 radical (unpaired) electrons. The number of ether oxygens (including phenoxy) is 2. The van der Waals surface area contributed by atoms with E-state index in [4.69, 9.17) is 15.2 Å². The lowest BCUT2D eigenvalue weighted by molar-refractivity contribution is -0.385. The Morgan fingerprint density at radius 2 is 2.17 bits per heavy atom. The number of benzene rings is 1. The number of nitro benzene ring substituents is 1. The average molecular weight is 327 g/mol. The van der Waals surface area contributed by atoms with E-state index in [9.17, 15) is 20.0 Å². The molecule has 0 fully saturated rings. The lowest BCUT2D eigenvalue weighted by Gasteiger charge is -2.12. The normalized spacial score (nSPS) is 10.2. The van der Waals surface area contributed by atoms with E-state index < -0.39 is 11.5 Å². The molecule has 23 heavy (non-hydrogen) atoms. The van der Waals surface area contributed by atoms with Gasteiger partial charge in [0, 0.05) is 19.5 Å². The number of nitrogens with zero attached hydrogens (tertiary/aromatic N) is 1. The minimum Gasteiger partial charge on any atom is -0.493 e. The van der Waals surface area contributed by atoms with Gasteiger partial charge >= 0.3 is 0 Å². The van der Waals surface area contributed by atoms with Crippen molar-refractivity contribution in [3.05, 3.63) is 27.8 Å². The molecular formula is C14H21N3O6. The fourth-order valence-electron chi connectivity index (χ4n) is 1.88. The predicted octanol–water partition coefficient (Wildman–Crippen LogP) is 0.330. The van der Waals surface area contributed by atoms with Gasteiger partial charge in [-0.3, -0.25) is 14.9 Å². The highest BCUT2D eigenvalue weighted by molar-refractivity contribution is 5.75.